The molecule has 5 heteroatoms. The minimum atomic E-state index is 0.0647. The zero-order chi connectivity index (χ0) is 14.7. The van der Waals surface area contributed by atoms with Crippen molar-refractivity contribution in [2.45, 2.75) is 31.8 Å². The number of benzene rings is 1. The molecule has 5 nitrogen and oxygen atoms in total. The fourth-order valence-electron chi connectivity index (χ4n) is 2.33. The second kappa shape index (κ2) is 5.88. The van der Waals surface area contributed by atoms with Gasteiger partial charge in [0.25, 0.3) is 0 Å². The van der Waals surface area contributed by atoms with Gasteiger partial charge in [-0.05, 0) is 31.4 Å². The Bertz CT molecular complexity index is 720. The Kier molecular flexibility index (Phi) is 3.78. The van der Waals surface area contributed by atoms with Gasteiger partial charge in [0.1, 0.15) is 11.8 Å². The minimum Gasteiger partial charge on any atom is -0.492 e. The maximum absolute atomic E-state index is 12.1. The summed E-state index contributed by atoms with van der Waals surface area (Å²) in [7, 11) is 0. The highest BCUT2D eigenvalue weighted by Gasteiger charge is 2.25. The first-order valence-electron chi connectivity index (χ1n) is 7.19. The number of ether oxygens (including phenoxy) is 1. The molecular weight excluding hydrogens is 266 g/mol. The van der Waals surface area contributed by atoms with E-state index in [2.05, 4.69) is 6.07 Å². The molecule has 1 heterocycles. The number of nitriles is 1. The fraction of sp³-hybridized carbons (Fsp3) is 0.375. The standard InChI is InChI=1S/C16H17N3O2/c17-12-13-4-1-2-5-15(13)21-11-3-8-18-9-10-19(16(18)20)14-6-7-14/h1-2,4-5,9-10,14H,3,6-8,11H2. The fourth-order valence-corrected chi connectivity index (χ4v) is 2.33. The number of rotatable bonds is 6. The molecule has 1 fully saturated rings. The van der Waals surface area contributed by atoms with Gasteiger partial charge in [-0.2, -0.15) is 5.26 Å². The van der Waals surface area contributed by atoms with Crippen LogP contribution in [0, 0.1) is 11.3 Å². The quantitative estimate of drug-likeness (QED) is 0.764. The minimum absolute atomic E-state index is 0.0647. The second-order valence-electron chi connectivity index (χ2n) is 5.22. The Morgan fingerprint density at radius 1 is 1.29 bits per heavy atom. The molecule has 1 aromatic heterocycles. The summed E-state index contributed by atoms with van der Waals surface area (Å²) < 4.78 is 9.14. The van der Waals surface area contributed by atoms with Crippen LogP contribution in [0.15, 0.2) is 41.5 Å². The third kappa shape index (κ3) is 3.00. The van der Waals surface area contributed by atoms with E-state index in [1.807, 2.05) is 29.1 Å². The van der Waals surface area contributed by atoms with Crippen LogP contribution < -0.4 is 10.4 Å². The molecule has 1 aliphatic carbocycles. The van der Waals surface area contributed by atoms with Crippen LogP contribution in [0.1, 0.15) is 30.9 Å². The first kappa shape index (κ1) is 13.5. The Hall–Kier alpha value is -2.48. The lowest BCUT2D eigenvalue weighted by molar-refractivity contribution is 0.300. The van der Waals surface area contributed by atoms with Gasteiger partial charge in [0, 0.05) is 25.0 Å². The van der Waals surface area contributed by atoms with Gasteiger partial charge >= 0.3 is 5.69 Å². The van der Waals surface area contributed by atoms with Crippen molar-refractivity contribution in [3.8, 4) is 11.8 Å². The van der Waals surface area contributed by atoms with Crippen LogP contribution in [0.5, 0.6) is 5.75 Å². The largest absolute Gasteiger partial charge is 0.492 e. The maximum Gasteiger partial charge on any atom is 0.328 e. The SMILES string of the molecule is N#Cc1ccccc1OCCCn1ccn(C2CC2)c1=O. The smallest absolute Gasteiger partial charge is 0.328 e. The molecule has 21 heavy (non-hydrogen) atoms. The Labute approximate surface area is 123 Å². The van der Waals surface area contributed by atoms with Crippen molar-refractivity contribution in [2.24, 2.45) is 0 Å². The average molecular weight is 283 g/mol. The zero-order valence-corrected chi connectivity index (χ0v) is 11.7. The Balaban J connectivity index is 1.52. The van der Waals surface area contributed by atoms with Gasteiger partial charge in [-0.3, -0.25) is 9.13 Å². The molecule has 0 spiro atoms. The molecule has 0 saturated heterocycles. The highest BCUT2D eigenvalue weighted by molar-refractivity contribution is 5.42. The van der Waals surface area contributed by atoms with Crippen LogP contribution in [0.3, 0.4) is 0 Å². The number of nitrogens with zero attached hydrogens (tertiary/aromatic N) is 3. The van der Waals surface area contributed by atoms with Gasteiger partial charge in [-0.15, -0.1) is 0 Å². The third-order valence-corrected chi connectivity index (χ3v) is 3.62. The summed E-state index contributed by atoms with van der Waals surface area (Å²) in [4.78, 5) is 12.1. The summed E-state index contributed by atoms with van der Waals surface area (Å²) >= 11 is 0. The lowest BCUT2D eigenvalue weighted by Gasteiger charge is -2.07. The molecule has 2 aromatic rings. The topological polar surface area (TPSA) is 59.9 Å². The molecule has 0 unspecified atom stereocenters. The van der Waals surface area contributed by atoms with Crippen molar-refractivity contribution in [3.05, 3.63) is 52.7 Å². The molecule has 3 rings (SSSR count). The van der Waals surface area contributed by atoms with Crippen LogP contribution in [0.2, 0.25) is 0 Å². The molecular formula is C16H17N3O2. The van der Waals surface area contributed by atoms with Gasteiger partial charge in [-0.25, -0.2) is 4.79 Å². The van der Waals surface area contributed by atoms with E-state index in [1.54, 1.807) is 16.7 Å². The monoisotopic (exact) mass is 283 g/mol. The average Bonchev–Trinajstić information content (AvgIpc) is 3.29. The molecule has 1 saturated carbocycles. The van der Waals surface area contributed by atoms with E-state index in [1.165, 1.54) is 0 Å². The van der Waals surface area contributed by atoms with E-state index >= 15 is 0 Å². The third-order valence-electron chi connectivity index (χ3n) is 3.62. The van der Waals surface area contributed by atoms with E-state index in [0.717, 1.165) is 19.3 Å². The van der Waals surface area contributed by atoms with Crippen molar-refractivity contribution in [2.75, 3.05) is 6.61 Å². The first-order chi connectivity index (χ1) is 10.3. The van der Waals surface area contributed by atoms with Crippen LogP contribution in [-0.4, -0.2) is 15.7 Å². The number of hydrogen-bond donors (Lipinski definition) is 0. The van der Waals surface area contributed by atoms with E-state index in [9.17, 15) is 4.79 Å². The zero-order valence-electron chi connectivity index (χ0n) is 11.7. The maximum atomic E-state index is 12.1. The van der Waals surface area contributed by atoms with Crippen LogP contribution in [0.25, 0.3) is 0 Å². The van der Waals surface area contributed by atoms with Gasteiger partial charge < -0.3 is 4.74 Å². The molecule has 108 valence electrons. The van der Waals surface area contributed by atoms with Crippen LogP contribution in [-0.2, 0) is 6.54 Å². The molecule has 0 bridgehead atoms. The predicted octanol–water partition coefficient (Wildman–Crippen LogP) is 2.33. The molecule has 0 aliphatic heterocycles. The highest BCUT2D eigenvalue weighted by atomic mass is 16.5. The highest BCUT2D eigenvalue weighted by Crippen LogP contribution is 2.33. The predicted molar refractivity (Wildman–Crippen MR) is 78.2 cm³/mol. The van der Waals surface area contributed by atoms with Crippen LogP contribution in [0.4, 0.5) is 0 Å². The van der Waals surface area contributed by atoms with Crippen molar-refractivity contribution in [3.63, 3.8) is 0 Å². The number of imidazole rings is 1. The van der Waals surface area contributed by atoms with Crippen LogP contribution >= 0.6 is 0 Å². The van der Waals surface area contributed by atoms with E-state index in [4.69, 9.17) is 10.00 Å². The lowest BCUT2D eigenvalue weighted by Crippen LogP contribution is -2.24. The summed E-state index contributed by atoms with van der Waals surface area (Å²) in [6.07, 6.45) is 6.65. The molecule has 1 aliphatic rings. The number of aryl methyl sites for hydroxylation is 1. The normalized spacial score (nSPS) is 13.9. The molecule has 0 atom stereocenters. The van der Waals surface area contributed by atoms with Crippen molar-refractivity contribution >= 4 is 0 Å². The summed E-state index contributed by atoms with van der Waals surface area (Å²) in [5.41, 5.74) is 0.601. The van der Waals surface area contributed by atoms with Gasteiger partial charge in [0.15, 0.2) is 0 Å². The van der Waals surface area contributed by atoms with Crippen molar-refractivity contribution in [1.82, 2.24) is 9.13 Å². The first-order valence-corrected chi connectivity index (χ1v) is 7.19. The summed E-state index contributed by atoms with van der Waals surface area (Å²) in [6, 6.07) is 9.69. The summed E-state index contributed by atoms with van der Waals surface area (Å²) in [6.45, 7) is 1.12. The van der Waals surface area contributed by atoms with Gasteiger partial charge in [-0.1, -0.05) is 12.1 Å². The lowest BCUT2D eigenvalue weighted by atomic mass is 10.2. The Morgan fingerprint density at radius 2 is 2.10 bits per heavy atom. The van der Waals surface area contributed by atoms with E-state index in [0.29, 0.717) is 30.5 Å². The number of aromatic nitrogens is 2. The Morgan fingerprint density at radius 3 is 2.86 bits per heavy atom. The summed E-state index contributed by atoms with van der Waals surface area (Å²) in [5.74, 6) is 0.600. The van der Waals surface area contributed by atoms with E-state index < -0.39 is 0 Å². The number of hydrogen-bond acceptors (Lipinski definition) is 3. The van der Waals surface area contributed by atoms with Crippen molar-refractivity contribution < 1.29 is 4.74 Å². The van der Waals surface area contributed by atoms with Gasteiger partial charge in [0.2, 0.25) is 0 Å². The van der Waals surface area contributed by atoms with Crippen molar-refractivity contribution in [1.29, 1.82) is 5.26 Å². The molecule has 0 radical (unpaired) electrons. The molecule has 0 N–H and O–H groups in total. The summed E-state index contributed by atoms with van der Waals surface area (Å²) in [5, 5.41) is 8.97. The van der Waals surface area contributed by atoms with Gasteiger partial charge in [0.05, 0.1) is 12.2 Å². The molecule has 0 amide bonds. The number of para-hydroxylation sites is 1. The molecule has 1 aromatic carbocycles. The van der Waals surface area contributed by atoms with E-state index in [-0.39, 0.29) is 5.69 Å². The second-order valence-corrected chi connectivity index (χ2v) is 5.22.